The van der Waals surface area contributed by atoms with Crippen LogP contribution in [0.1, 0.15) is 22.3 Å². The Bertz CT molecular complexity index is 1450. The van der Waals surface area contributed by atoms with Gasteiger partial charge in [0.1, 0.15) is 53.9 Å². The number of methoxy groups -OCH3 is 3. The first-order chi connectivity index (χ1) is 22.5. The van der Waals surface area contributed by atoms with Crippen molar-refractivity contribution in [3.05, 3.63) is 125 Å². The number of aliphatic hydroxyl groups is 2. The van der Waals surface area contributed by atoms with Gasteiger partial charge in [-0.05, 0) is 58.7 Å². The van der Waals surface area contributed by atoms with Crippen LogP contribution < -0.4 is 14.2 Å². The lowest BCUT2D eigenvalue weighted by atomic mass is 9.84. The summed E-state index contributed by atoms with van der Waals surface area (Å²) >= 11 is 0. The molecule has 5 rings (SSSR count). The minimum Gasteiger partial charge on any atom is -0.497 e. The van der Waals surface area contributed by atoms with Gasteiger partial charge in [-0.25, -0.2) is 0 Å². The third kappa shape index (κ3) is 8.64. The molecule has 2 N–H and O–H groups in total. The fourth-order valence-electron chi connectivity index (χ4n) is 5.43. The molecule has 0 amide bonds. The molecule has 1 saturated carbocycles. The first-order valence-electron chi connectivity index (χ1n) is 15.2. The van der Waals surface area contributed by atoms with Crippen molar-refractivity contribution < 1.29 is 43.4 Å². The summed E-state index contributed by atoms with van der Waals surface area (Å²) in [6, 6.07) is 32.2. The molecular formula is C37H42O9. The van der Waals surface area contributed by atoms with E-state index in [1.54, 1.807) is 21.3 Å². The summed E-state index contributed by atoms with van der Waals surface area (Å²) in [6.45, 7) is 0.788. The van der Waals surface area contributed by atoms with Crippen molar-refractivity contribution in [1.82, 2.24) is 0 Å². The Labute approximate surface area is 270 Å². The lowest BCUT2D eigenvalue weighted by Crippen LogP contribution is -2.66. The zero-order valence-corrected chi connectivity index (χ0v) is 26.4. The molecule has 0 bridgehead atoms. The second kappa shape index (κ2) is 16.6. The first-order valence-corrected chi connectivity index (χ1v) is 15.2. The van der Waals surface area contributed by atoms with Crippen LogP contribution in [0.3, 0.4) is 0 Å². The fourth-order valence-corrected chi connectivity index (χ4v) is 5.43. The van der Waals surface area contributed by atoms with E-state index in [4.69, 9.17) is 33.2 Å². The van der Waals surface area contributed by atoms with Gasteiger partial charge in [0.15, 0.2) is 0 Å². The number of aliphatic hydroxyl groups excluding tert-OH is 2. The molecule has 0 aromatic heterocycles. The predicted octanol–water partition coefficient (Wildman–Crippen LogP) is 5.09. The summed E-state index contributed by atoms with van der Waals surface area (Å²) in [7, 11) is 4.84. The second-order valence-corrected chi connectivity index (χ2v) is 11.1. The molecule has 1 aliphatic carbocycles. The van der Waals surface area contributed by atoms with Crippen LogP contribution in [0.4, 0.5) is 0 Å². The van der Waals surface area contributed by atoms with Gasteiger partial charge in [-0.2, -0.15) is 0 Å². The van der Waals surface area contributed by atoms with Gasteiger partial charge in [-0.3, -0.25) is 0 Å². The average Bonchev–Trinajstić information content (AvgIpc) is 3.11. The van der Waals surface area contributed by atoms with Crippen LogP contribution in [-0.4, -0.2) is 68.2 Å². The third-order valence-corrected chi connectivity index (χ3v) is 8.08. The van der Waals surface area contributed by atoms with Crippen molar-refractivity contribution in [3.63, 3.8) is 0 Å². The van der Waals surface area contributed by atoms with Crippen molar-refractivity contribution in [3.8, 4) is 17.2 Å². The molecule has 9 nitrogen and oxygen atoms in total. The molecule has 0 aliphatic heterocycles. The van der Waals surface area contributed by atoms with E-state index in [9.17, 15) is 10.2 Å². The van der Waals surface area contributed by atoms with Crippen molar-refractivity contribution in [2.24, 2.45) is 0 Å². The highest BCUT2D eigenvalue weighted by atomic mass is 16.6. The first kappa shape index (κ1) is 33.4. The molecule has 0 unspecified atom stereocenters. The van der Waals surface area contributed by atoms with E-state index < -0.39 is 36.6 Å². The molecule has 4 aromatic rings. The molecule has 244 valence electrons. The minimum atomic E-state index is -1.32. The van der Waals surface area contributed by atoms with Gasteiger partial charge in [-0.1, -0.05) is 66.7 Å². The molecule has 0 spiro atoms. The van der Waals surface area contributed by atoms with Crippen LogP contribution in [0.25, 0.3) is 0 Å². The van der Waals surface area contributed by atoms with Crippen molar-refractivity contribution >= 4 is 0 Å². The average molecular weight is 631 g/mol. The molecule has 9 heteroatoms. The molecule has 1 aliphatic rings. The summed E-state index contributed by atoms with van der Waals surface area (Å²) in [6.07, 6.45) is -6.10. The molecule has 1 fully saturated rings. The number of rotatable bonds is 15. The highest BCUT2D eigenvalue weighted by Gasteiger charge is 2.52. The van der Waals surface area contributed by atoms with Crippen molar-refractivity contribution in [1.29, 1.82) is 0 Å². The Morgan fingerprint density at radius 3 is 0.978 bits per heavy atom. The van der Waals surface area contributed by atoms with Crippen LogP contribution in [0.2, 0.25) is 0 Å². The van der Waals surface area contributed by atoms with Gasteiger partial charge in [0.25, 0.3) is 0 Å². The van der Waals surface area contributed by atoms with Gasteiger partial charge in [0, 0.05) is 0 Å². The van der Waals surface area contributed by atoms with Crippen molar-refractivity contribution in [2.75, 3.05) is 21.3 Å². The van der Waals surface area contributed by atoms with Crippen LogP contribution in [0.5, 0.6) is 17.2 Å². The number of ether oxygens (including phenoxy) is 7. The quantitative estimate of drug-likeness (QED) is 0.186. The minimum absolute atomic E-state index is 0.170. The lowest BCUT2D eigenvalue weighted by molar-refractivity contribution is -0.273. The molecule has 6 atom stereocenters. The van der Waals surface area contributed by atoms with E-state index >= 15 is 0 Å². The normalized spacial score (nSPS) is 22.7. The predicted molar refractivity (Wildman–Crippen MR) is 172 cm³/mol. The summed E-state index contributed by atoms with van der Waals surface area (Å²) in [5.74, 6) is 2.19. The van der Waals surface area contributed by atoms with E-state index in [2.05, 4.69) is 0 Å². The van der Waals surface area contributed by atoms with E-state index in [0.717, 1.165) is 39.5 Å². The zero-order chi connectivity index (χ0) is 32.3. The largest absolute Gasteiger partial charge is 0.497 e. The van der Waals surface area contributed by atoms with E-state index in [-0.39, 0.29) is 26.4 Å². The summed E-state index contributed by atoms with van der Waals surface area (Å²) < 4.78 is 41.6. The van der Waals surface area contributed by atoms with Crippen LogP contribution in [0.15, 0.2) is 103 Å². The lowest BCUT2D eigenvalue weighted by Gasteiger charge is -2.47. The third-order valence-electron chi connectivity index (χ3n) is 8.08. The van der Waals surface area contributed by atoms with Crippen molar-refractivity contribution in [2.45, 2.75) is 63.1 Å². The topological polar surface area (TPSA) is 105 Å². The second-order valence-electron chi connectivity index (χ2n) is 11.1. The zero-order valence-electron chi connectivity index (χ0n) is 26.4. The Morgan fingerprint density at radius 2 is 0.674 bits per heavy atom. The number of hydrogen-bond donors (Lipinski definition) is 2. The molecule has 0 saturated heterocycles. The summed E-state index contributed by atoms with van der Waals surface area (Å²) in [5.41, 5.74) is 3.59. The number of hydrogen-bond acceptors (Lipinski definition) is 9. The summed E-state index contributed by atoms with van der Waals surface area (Å²) in [4.78, 5) is 0. The van der Waals surface area contributed by atoms with Crippen LogP contribution in [-0.2, 0) is 45.4 Å². The maximum atomic E-state index is 11.5. The highest BCUT2D eigenvalue weighted by Crippen LogP contribution is 2.33. The molecule has 0 radical (unpaired) electrons. The SMILES string of the molecule is COc1ccc(CO[C@H]2[C@H](OCc3ccccc3)[C@@H](OCc3ccc(OC)cc3)[C@H](O)[C@H](O)[C@@H]2OCc2ccc(OC)cc2)cc1. The molecule has 4 aromatic carbocycles. The van der Waals surface area contributed by atoms with Gasteiger partial charge < -0.3 is 43.4 Å². The van der Waals surface area contributed by atoms with Gasteiger partial charge in [0.05, 0.1) is 47.8 Å². The van der Waals surface area contributed by atoms with E-state index in [1.807, 2.05) is 103 Å². The maximum Gasteiger partial charge on any atom is 0.118 e. The van der Waals surface area contributed by atoms with E-state index in [1.165, 1.54) is 0 Å². The Morgan fingerprint density at radius 1 is 0.391 bits per heavy atom. The Balaban J connectivity index is 1.42. The fraction of sp³-hybridized carbons (Fsp3) is 0.351. The van der Waals surface area contributed by atoms with Gasteiger partial charge in [-0.15, -0.1) is 0 Å². The Hall–Kier alpha value is -3.96. The molecule has 46 heavy (non-hydrogen) atoms. The Kier molecular flexibility index (Phi) is 12.0. The standard InChI is InChI=1S/C37H42O9/c1-40-29-15-9-26(10-16-29)22-43-34-32(38)33(39)35(44-23-27-11-17-30(41-2)18-12-27)37(36(34)45-21-25-7-5-4-6-8-25)46-24-28-13-19-31(42-3)20-14-28/h4-20,32-39H,21-24H2,1-3H3/t32-,33+,34+,35+,36-,37-/m1/s1. The van der Waals surface area contributed by atoms with Crippen LogP contribution in [0, 0.1) is 0 Å². The van der Waals surface area contributed by atoms with E-state index in [0.29, 0.717) is 0 Å². The molecular weight excluding hydrogens is 588 g/mol. The number of benzene rings is 4. The molecule has 0 heterocycles. The highest BCUT2D eigenvalue weighted by molar-refractivity contribution is 5.28. The van der Waals surface area contributed by atoms with Gasteiger partial charge in [0.2, 0.25) is 0 Å². The maximum absolute atomic E-state index is 11.5. The summed E-state index contributed by atoms with van der Waals surface area (Å²) in [5, 5.41) is 23.0. The smallest absolute Gasteiger partial charge is 0.118 e. The monoisotopic (exact) mass is 630 g/mol. The van der Waals surface area contributed by atoms with Crippen LogP contribution >= 0.6 is 0 Å². The van der Waals surface area contributed by atoms with Gasteiger partial charge >= 0.3 is 0 Å².